The van der Waals surface area contributed by atoms with Gasteiger partial charge in [0.25, 0.3) is 0 Å². The summed E-state index contributed by atoms with van der Waals surface area (Å²) in [4.78, 5) is 11.3. The molecule has 17 heavy (non-hydrogen) atoms. The Bertz CT molecular complexity index is 243. The van der Waals surface area contributed by atoms with Crippen LogP contribution in [0, 0.1) is 17.8 Å². The summed E-state index contributed by atoms with van der Waals surface area (Å²) in [7, 11) is 0. The molecule has 1 aliphatic rings. The first-order valence-corrected chi connectivity index (χ1v) is 6.97. The number of carbonyl (C=O) groups excluding carboxylic acids is 1. The lowest BCUT2D eigenvalue weighted by Gasteiger charge is -2.34. The fourth-order valence-electron chi connectivity index (χ4n) is 2.81. The summed E-state index contributed by atoms with van der Waals surface area (Å²) in [5.41, 5.74) is 5.43. The summed E-state index contributed by atoms with van der Waals surface area (Å²) in [5.74, 6) is 1.70. The van der Waals surface area contributed by atoms with Crippen LogP contribution in [0.15, 0.2) is 0 Å². The summed E-state index contributed by atoms with van der Waals surface area (Å²) < 4.78 is 0. The van der Waals surface area contributed by atoms with E-state index >= 15 is 0 Å². The first kappa shape index (κ1) is 14.5. The summed E-state index contributed by atoms with van der Waals surface area (Å²) in [5, 5.41) is 3.44. The van der Waals surface area contributed by atoms with Gasteiger partial charge in [-0.2, -0.15) is 0 Å². The standard InChI is InChI=1S/C14H28N2O/c1-9(2)11-5-7-12(8-6-11)16-13(10(3)4)14(15)17/h9-13,16H,5-8H2,1-4H3,(H2,15,17). The van der Waals surface area contributed by atoms with E-state index in [1.54, 1.807) is 0 Å². The minimum atomic E-state index is -0.217. The van der Waals surface area contributed by atoms with E-state index in [9.17, 15) is 4.79 Å². The van der Waals surface area contributed by atoms with Gasteiger partial charge in [-0.1, -0.05) is 27.7 Å². The van der Waals surface area contributed by atoms with Crippen LogP contribution in [0.3, 0.4) is 0 Å². The van der Waals surface area contributed by atoms with Gasteiger partial charge in [-0.3, -0.25) is 4.79 Å². The highest BCUT2D eigenvalue weighted by atomic mass is 16.1. The molecule has 1 aliphatic carbocycles. The summed E-state index contributed by atoms with van der Waals surface area (Å²) in [6.07, 6.45) is 4.91. The molecular formula is C14H28N2O. The maximum Gasteiger partial charge on any atom is 0.234 e. The monoisotopic (exact) mass is 240 g/mol. The predicted octanol–water partition coefficient (Wildman–Crippen LogP) is 2.30. The van der Waals surface area contributed by atoms with E-state index in [0.717, 1.165) is 11.8 Å². The quantitative estimate of drug-likeness (QED) is 0.774. The molecule has 100 valence electrons. The molecule has 1 saturated carbocycles. The van der Waals surface area contributed by atoms with E-state index in [-0.39, 0.29) is 17.9 Å². The molecule has 1 atom stereocenters. The van der Waals surface area contributed by atoms with Crippen molar-refractivity contribution in [1.82, 2.24) is 5.32 Å². The SMILES string of the molecule is CC(C)C1CCC(NC(C(N)=O)C(C)C)CC1. The average molecular weight is 240 g/mol. The van der Waals surface area contributed by atoms with Crippen molar-refractivity contribution in [2.45, 2.75) is 65.5 Å². The molecule has 0 aromatic rings. The Morgan fingerprint density at radius 2 is 1.65 bits per heavy atom. The third kappa shape index (κ3) is 4.30. The van der Waals surface area contributed by atoms with Crippen LogP contribution in [-0.2, 0) is 4.79 Å². The van der Waals surface area contributed by atoms with Crippen molar-refractivity contribution >= 4 is 5.91 Å². The van der Waals surface area contributed by atoms with Gasteiger partial charge in [-0.05, 0) is 43.4 Å². The molecule has 1 amide bonds. The van der Waals surface area contributed by atoms with E-state index in [4.69, 9.17) is 5.73 Å². The third-order valence-corrected chi connectivity index (χ3v) is 4.10. The molecule has 1 fully saturated rings. The Labute approximate surface area is 106 Å². The van der Waals surface area contributed by atoms with Crippen molar-refractivity contribution in [2.24, 2.45) is 23.5 Å². The van der Waals surface area contributed by atoms with Gasteiger partial charge in [0.15, 0.2) is 0 Å². The largest absolute Gasteiger partial charge is 0.368 e. The normalized spacial score (nSPS) is 27.4. The van der Waals surface area contributed by atoms with Crippen LogP contribution in [0.2, 0.25) is 0 Å². The zero-order chi connectivity index (χ0) is 13.0. The number of rotatable bonds is 5. The Morgan fingerprint density at radius 1 is 1.12 bits per heavy atom. The topological polar surface area (TPSA) is 55.1 Å². The maximum atomic E-state index is 11.3. The van der Waals surface area contributed by atoms with Gasteiger partial charge < -0.3 is 11.1 Å². The predicted molar refractivity (Wildman–Crippen MR) is 71.5 cm³/mol. The molecule has 0 bridgehead atoms. The molecule has 1 rings (SSSR count). The minimum Gasteiger partial charge on any atom is -0.368 e. The van der Waals surface area contributed by atoms with Crippen LogP contribution in [-0.4, -0.2) is 18.0 Å². The van der Waals surface area contributed by atoms with E-state index in [1.165, 1.54) is 25.7 Å². The number of hydrogen-bond donors (Lipinski definition) is 2. The van der Waals surface area contributed by atoms with E-state index in [0.29, 0.717) is 6.04 Å². The number of primary amides is 1. The van der Waals surface area contributed by atoms with Gasteiger partial charge in [0.2, 0.25) is 5.91 Å². The second-order valence-electron chi connectivity index (χ2n) is 6.15. The van der Waals surface area contributed by atoms with Gasteiger partial charge in [-0.15, -0.1) is 0 Å². The molecule has 0 aromatic carbocycles. The molecule has 0 heterocycles. The van der Waals surface area contributed by atoms with Gasteiger partial charge in [0.05, 0.1) is 6.04 Å². The second-order valence-corrected chi connectivity index (χ2v) is 6.15. The number of nitrogens with one attached hydrogen (secondary N) is 1. The highest BCUT2D eigenvalue weighted by molar-refractivity contribution is 5.80. The van der Waals surface area contributed by atoms with E-state index < -0.39 is 0 Å². The molecule has 0 spiro atoms. The van der Waals surface area contributed by atoms with Crippen LogP contribution in [0.25, 0.3) is 0 Å². The molecular weight excluding hydrogens is 212 g/mol. The maximum absolute atomic E-state index is 11.3. The van der Waals surface area contributed by atoms with E-state index in [2.05, 4.69) is 19.2 Å². The Hall–Kier alpha value is -0.570. The number of hydrogen-bond acceptors (Lipinski definition) is 2. The lowest BCUT2D eigenvalue weighted by Crippen LogP contribution is -2.50. The van der Waals surface area contributed by atoms with Gasteiger partial charge >= 0.3 is 0 Å². The minimum absolute atomic E-state index is 0.171. The van der Waals surface area contributed by atoms with E-state index in [1.807, 2.05) is 13.8 Å². The van der Waals surface area contributed by atoms with Crippen molar-refractivity contribution in [1.29, 1.82) is 0 Å². The Balaban J connectivity index is 2.41. The van der Waals surface area contributed by atoms with Crippen LogP contribution in [0.1, 0.15) is 53.4 Å². The van der Waals surface area contributed by atoms with Gasteiger partial charge in [-0.25, -0.2) is 0 Å². The fourth-order valence-corrected chi connectivity index (χ4v) is 2.81. The van der Waals surface area contributed by atoms with Crippen molar-refractivity contribution in [3.05, 3.63) is 0 Å². The molecule has 0 aromatic heterocycles. The van der Waals surface area contributed by atoms with Crippen LogP contribution in [0.4, 0.5) is 0 Å². The lowest BCUT2D eigenvalue weighted by molar-refractivity contribution is -0.121. The zero-order valence-electron chi connectivity index (χ0n) is 11.7. The second kappa shape index (κ2) is 6.39. The number of carbonyl (C=O) groups is 1. The van der Waals surface area contributed by atoms with Gasteiger partial charge in [0.1, 0.15) is 0 Å². The first-order chi connectivity index (χ1) is 7.91. The summed E-state index contributed by atoms with van der Waals surface area (Å²) in [6, 6.07) is 0.306. The molecule has 0 aliphatic heterocycles. The summed E-state index contributed by atoms with van der Waals surface area (Å²) >= 11 is 0. The third-order valence-electron chi connectivity index (χ3n) is 4.10. The molecule has 3 nitrogen and oxygen atoms in total. The lowest BCUT2D eigenvalue weighted by atomic mass is 9.79. The summed E-state index contributed by atoms with van der Waals surface area (Å²) in [6.45, 7) is 8.70. The molecule has 0 radical (unpaired) electrons. The van der Waals surface area contributed by atoms with Gasteiger partial charge in [0, 0.05) is 6.04 Å². The molecule has 1 unspecified atom stereocenters. The zero-order valence-corrected chi connectivity index (χ0v) is 11.7. The average Bonchev–Trinajstić information content (AvgIpc) is 2.25. The van der Waals surface area contributed by atoms with Crippen molar-refractivity contribution in [3.63, 3.8) is 0 Å². The first-order valence-electron chi connectivity index (χ1n) is 6.97. The number of nitrogens with two attached hydrogens (primary N) is 1. The van der Waals surface area contributed by atoms with Crippen molar-refractivity contribution in [2.75, 3.05) is 0 Å². The smallest absolute Gasteiger partial charge is 0.234 e. The molecule has 3 heteroatoms. The Kier molecular flexibility index (Phi) is 5.44. The van der Waals surface area contributed by atoms with Crippen molar-refractivity contribution in [3.8, 4) is 0 Å². The van der Waals surface area contributed by atoms with Crippen LogP contribution < -0.4 is 11.1 Å². The molecule has 0 saturated heterocycles. The highest BCUT2D eigenvalue weighted by Crippen LogP contribution is 2.30. The van der Waals surface area contributed by atoms with Crippen LogP contribution >= 0.6 is 0 Å². The van der Waals surface area contributed by atoms with Crippen LogP contribution in [0.5, 0.6) is 0 Å². The van der Waals surface area contributed by atoms with Crippen molar-refractivity contribution < 1.29 is 4.79 Å². The number of amides is 1. The molecule has 3 N–H and O–H groups in total. The Morgan fingerprint density at radius 3 is 2.00 bits per heavy atom. The highest BCUT2D eigenvalue weighted by Gasteiger charge is 2.27. The fraction of sp³-hybridized carbons (Fsp3) is 0.929.